The highest BCUT2D eigenvalue weighted by atomic mass is 16.4. The molecule has 1 aliphatic rings. The number of aliphatic carboxylic acids is 1. The van der Waals surface area contributed by atoms with Gasteiger partial charge >= 0.3 is 5.97 Å². The lowest BCUT2D eigenvalue weighted by molar-refractivity contribution is -0.142. The zero-order valence-corrected chi connectivity index (χ0v) is 45.6. The minimum absolute atomic E-state index is 0.00963. The molecule has 2 aromatic carbocycles. The van der Waals surface area contributed by atoms with Gasteiger partial charge in [0, 0.05) is 62.7 Å². The Morgan fingerprint density at radius 2 is 1.06 bits per heavy atom. The summed E-state index contributed by atoms with van der Waals surface area (Å²) in [6.07, 6.45) is 2.69. The average molecular weight is 1150 g/mol. The van der Waals surface area contributed by atoms with Gasteiger partial charge in [0.2, 0.25) is 41.4 Å². The fourth-order valence-corrected chi connectivity index (χ4v) is 8.92. The first-order chi connectivity index (χ1) is 39.0. The van der Waals surface area contributed by atoms with Crippen LogP contribution in [0, 0.1) is 0 Å². The number of H-pyrrole nitrogens is 1. The van der Waals surface area contributed by atoms with Crippen LogP contribution in [0.15, 0.2) is 74.7 Å². The molecular formula is C51H79N21O10. The van der Waals surface area contributed by atoms with E-state index >= 15 is 0 Å². The van der Waals surface area contributed by atoms with E-state index in [1.165, 1.54) is 29.2 Å². The number of guanidine groups is 4. The molecule has 7 amide bonds. The molecule has 0 saturated carbocycles. The molecule has 0 spiro atoms. The van der Waals surface area contributed by atoms with E-state index in [0.29, 0.717) is 24.0 Å². The minimum Gasteiger partial charge on any atom is -0.508 e. The van der Waals surface area contributed by atoms with E-state index in [1.807, 2.05) is 18.2 Å². The maximum absolute atomic E-state index is 15.0. The molecule has 0 aliphatic carbocycles. The predicted molar refractivity (Wildman–Crippen MR) is 306 cm³/mol. The monoisotopic (exact) mass is 1150 g/mol. The SMILES string of the molecule is NC(N)=NCCC[C@H](NC(=O)[C@H](CCCN=C(N)N)NC(=O)[C@@H](N)CCCN=C(N)N)C(=O)N[C@@H](Cc1ccc(O)cc1)C(=O)N1CCC[C@H]1C(=O)N[C@@H](CCCN=C(N)N)C(=O)N[C@@H](Cc1c[nH]c2ccccc12)C(=O)NCC(=O)O. The van der Waals surface area contributed by atoms with Crippen LogP contribution in [0.25, 0.3) is 10.9 Å². The van der Waals surface area contributed by atoms with Gasteiger partial charge in [-0.15, -0.1) is 0 Å². The Morgan fingerprint density at radius 3 is 1.59 bits per heavy atom. The van der Waals surface area contributed by atoms with Gasteiger partial charge in [-0.1, -0.05) is 30.3 Å². The Hall–Kier alpha value is -9.42. The van der Waals surface area contributed by atoms with Gasteiger partial charge in [0.05, 0.1) is 6.04 Å². The molecule has 2 heterocycles. The van der Waals surface area contributed by atoms with E-state index < -0.39 is 96.2 Å². The number of aromatic hydroxyl groups is 1. The molecule has 1 fully saturated rings. The second-order valence-corrected chi connectivity index (χ2v) is 19.4. The van der Waals surface area contributed by atoms with Crippen molar-refractivity contribution in [3.05, 3.63) is 65.9 Å². The summed E-state index contributed by atoms with van der Waals surface area (Å²) in [5.41, 5.74) is 52.1. The van der Waals surface area contributed by atoms with Gasteiger partial charge < -0.3 is 104 Å². The van der Waals surface area contributed by atoms with Crippen molar-refractivity contribution in [2.45, 2.75) is 119 Å². The number of carboxylic acid groups (broad SMARTS) is 1. The van der Waals surface area contributed by atoms with Crippen molar-refractivity contribution in [3.8, 4) is 5.75 Å². The highest BCUT2D eigenvalue weighted by Gasteiger charge is 2.40. The Balaban J connectivity index is 1.64. The number of hydrogen-bond donors (Lipinski definition) is 18. The lowest BCUT2D eigenvalue weighted by Gasteiger charge is -2.31. The Labute approximate surface area is 472 Å². The molecule has 0 unspecified atom stereocenters. The zero-order chi connectivity index (χ0) is 60.3. The molecule has 7 atom stereocenters. The number of carboxylic acids is 1. The summed E-state index contributed by atoms with van der Waals surface area (Å²) in [6, 6.07) is 4.04. The summed E-state index contributed by atoms with van der Waals surface area (Å²) in [6.45, 7) is -0.341. The number of aromatic amines is 1. The third kappa shape index (κ3) is 22.4. The molecule has 1 aromatic heterocycles. The number of nitrogens with zero attached hydrogens (tertiary/aromatic N) is 5. The molecule has 82 heavy (non-hydrogen) atoms. The molecule has 4 rings (SSSR count). The number of nitrogens with two attached hydrogens (primary N) is 9. The second kappa shape index (κ2) is 33.2. The van der Waals surface area contributed by atoms with E-state index in [0.717, 1.165) is 10.9 Å². The van der Waals surface area contributed by atoms with E-state index in [-0.39, 0.29) is 127 Å². The largest absolute Gasteiger partial charge is 0.508 e. The minimum atomic E-state index is -1.41. The number of phenols is 1. The fraction of sp³-hybridized carbons (Fsp3) is 0.490. The van der Waals surface area contributed by atoms with Crippen molar-refractivity contribution in [2.24, 2.45) is 71.6 Å². The van der Waals surface area contributed by atoms with Crippen molar-refractivity contribution in [1.82, 2.24) is 41.8 Å². The second-order valence-electron chi connectivity index (χ2n) is 19.4. The Morgan fingerprint density at radius 1 is 0.585 bits per heavy atom. The molecule has 3 aromatic rings. The first-order valence-electron chi connectivity index (χ1n) is 26.6. The van der Waals surface area contributed by atoms with Crippen molar-refractivity contribution in [3.63, 3.8) is 0 Å². The van der Waals surface area contributed by atoms with E-state index in [4.69, 9.17) is 51.6 Å². The number of rotatable bonds is 34. The van der Waals surface area contributed by atoms with Crippen LogP contribution >= 0.6 is 0 Å². The number of benzene rings is 2. The van der Waals surface area contributed by atoms with Crippen LogP contribution in [0.1, 0.15) is 75.3 Å². The maximum Gasteiger partial charge on any atom is 0.322 e. The topological polar surface area (TPSA) is 552 Å². The Bertz CT molecular complexity index is 2770. The van der Waals surface area contributed by atoms with Crippen molar-refractivity contribution >= 4 is 82.1 Å². The number of fused-ring (bicyclic) bond motifs is 1. The standard InChI is InChI=1S/C51H79N21O10/c52-32(9-3-19-61-48(53)54)41(76)67-34(11-4-20-62-49(55)56)43(78)68-35(12-5-21-63-50(57)58)45(80)71-38(24-28-15-17-30(73)18-16-28)47(82)72-23-7-14-39(72)46(81)69-36(13-6-22-64-51(59)60)44(79)70-37(42(77)66-27-40(74)75)25-29-26-65-33-10-2-1-8-31(29)33/h1-2,8,10,15-18,26,32,34-39,65,73H,3-7,9,11-14,19-25,27,52H2,(H,66,77)(H,67,76)(H,68,78)(H,69,81)(H,70,79)(H,71,80)(H,74,75)(H4,53,54,61)(H4,55,56,62)(H4,57,58,63)(H4,59,60,64)/t32-,34-,35-,36-,37-,38-,39-/m0/s1. The van der Waals surface area contributed by atoms with Crippen LogP contribution in [0.4, 0.5) is 0 Å². The summed E-state index contributed by atoms with van der Waals surface area (Å²) in [5.74, 6) is -7.60. The zero-order valence-electron chi connectivity index (χ0n) is 45.6. The first kappa shape index (κ1) is 65.1. The summed E-state index contributed by atoms with van der Waals surface area (Å²) in [5, 5.41) is 36.1. The molecule has 0 bridgehead atoms. The van der Waals surface area contributed by atoms with Crippen LogP contribution in [0.5, 0.6) is 5.75 Å². The smallest absolute Gasteiger partial charge is 0.322 e. The number of carbonyl (C=O) groups is 8. The summed E-state index contributed by atoms with van der Waals surface area (Å²) >= 11 is 0. The normalized spacial score (nSPS) is 14.9. The number of phenolic OH excluding ortho intramolecular Hbond substituents is 1. The van der Waals surface area contributed by atoms with Gasteiger partial charge in [-0.05, 0) is 93.5 Å². The number of amides is 7. The van der Waals surface area contributed by atoms with Crippen LogP contribution in [-0.2, 0) is 51.2 Å². The van der Waals surface area contributed by atoms with Gasteiger partial charge in [0.1, 0.15) is 48.5 Å². The predicted octanol–water partition coefficient (Wildman–Crippen LogP) is -5.18. The van der Waals surface area contributed by atoms with Crippen molar-refractivity contribution in [1.29, 1.82) is 0 Å². The highest BCUT2D eigenvalue weighted by molar-refractivity contribution is 5.98. The average Bonchev–Trinajstić information content (AvgIpc) is 4.17. The third-order valence-corrected chi connectivity index (χ3v) is 13.0. The molecule has 1 aliphatic heterocycles. The van der Waals surface area contributed by atoms with E-state index in [9.17, 15) is 48.6 Å². The van der Waals surface area contributed by atoms with Crippen molar-refractivity contribution < 1.29 is 48.6 Å². The number of para-hydroxylation sites is 1. The van der Waals surface area contributed by atoms with Gasteiger partial charge in [0.15, 0.2) is 23.8 Å². The third-order valence-electron chi connectivity index (χ3n) is 13.0. The summed E-state index contributed by atoms with van der Waals surface area (Å²) in [7, 11) is 0. The number of carbonyl (C=O) groups excluding carboxylic acids is 7. The molecule has 31 heteroatoms. The molecule has 1 saturated heterocycles. The molecule has 0 radical (unpaired) electrons. The molecular weight excluding hydrogens is 1070 g/mol. The molecule has 27 N–H and O–H groups in total. The first-order valence-corrected chi connectivity index (χ1v) is 26.6. The quantitative estimate of drug-likeness (QED) is 0.0151. The Kier molecular flexibility index (Phi) is 26.4. The lowest BCUT2D eigenvalue weighted by Crippen LogP contribution is -2.60. The summed E-state index contributed by atoms with van der Waals surface area (Å²) < 4.78 is 0. The van der Waals surface area contributed by atoms with E-state index in [1.54, 1.807) is 12.3 Å². The van der Waals surface area contributed by atoms with Crippen LogP contribution in [0.3, 0.4) is 0 Å². The van der Waals surface area contributed by atoms with Gasteiger partial charge in [-0.25, -0.2) is 0 Å². The number of hydrogen-bond acceptors (Lipinski definition) is 14. The van der Waals surface area contributed by atoms with E-state index in [2.05, 4.69) is 56.9 Å². The summed E-state index contributed by atoms with van der Waals surface area (Å²) in [4.78, 5) is 131. The number of nitrogens with one attached hydrogen (secondary N) is 7. The fourth-order valence-electron chi connectivity index (χ4n) is 8.92. The number of likely N-dealkylation sites (tertiary alicyclic amines) is 1. The van der Waals surface area contributed by atoms with Crippen LogP contribution < -0.4 is 83.5 Å². The number of aliphatic imine (C=N–C) groups is 4. The van der Waals surface area contributed by atoms with Crippen molar-refractivity contribution in [2.75, 3.05) is 39.3 Å². The van der Waals surface area contributed by atoms with Gasteiger partial charge in [0.25, 0.3) is 0 Å². The van der Waals surface area contributed by atoms with Crippen LogP contribution in [-0.4, -0.2) is 173 Å². The molecule has 31 nitrogen and oxygen atoms in total. The maximum atomic E-state index is 15.0. The molecule has 448 valence electrons. The van der Waals surface area contributed by atoms with Gasteiger partial charge in [-0.3, -0.25) is 58.3 Å². The lowest BCUT2D eigenvalue weighted by atomic mass is 10.0. The highest BCUT2D eigenvalue weighted by Crippen LogP contribution is 2.23. The van der Waals surface area contributed by atoms with Gasteiger partial charge in [-0.2, -0.15) is 0 Å². The number of aromatic nitrogens is 1. The van der Waals surface area contributed by atoms with Crippen LogP contribution in [0.2, 0.25) is 0 Å².